The van der Waals surface area contributed by atoms with Crippen LogP contribution in [0.4, 0.5) is 4.39 Å². The van der Waals surface area contributed by atoms with Crippen LogP contribution in [-0.4, -0.2) is 9.03 Å². The van der Waals surface area contributed by atoms with Crippen molar-refractivity contribution in [3.63, 3.8) is 0 Å². The maximum absolute atomic E-state index is 13.7. The van der Waals surface area contributed by atoms with E-state index in [1.165, 1.54) is 38.2 Å². The Morgan fingerprint density at radius 2 is 1.82 bits per heavy atom. The fourth-order valence-electron chi connectivity index (χ4n) is 3.86. The maximum Gasteiger partial charge on any atom is 0.183 e. The largest absolute Gasteiger partial charge is 0.505 e. The van der Waals surface area contributed by atoms with Crippen LogP contribution < -0.4 is 0 Å². The minimum Gasteiger partial charge on any atom is -0.505 e. The summed E-state index contributed by atoms with van der Waals surface area (Å²) in [6, 6.07) is 3.12. The van der Waals surface area contributed by atoms with Gasteiger partial charge in [0.2, 0.25) is 0 Å². The highest BCUT2D eigenvalue weighted by atomic mass is 127. The first-order chi connectivity index (χ1) is 10.6. The van der Waals surface area contributed by atoms with Gasteiger partial charge in [-0.15, -0.1) is 0 Å². The first kappa shape index (κ1) is 16.6. The standard InChI is InChI=1S/C18H21ClFIO/c19-17-15(9-10-16(22)18(17)20)13-3-1-11(2-4-13)12-5-7-14(21)8-6-12/h3,9-12,14,22H,1-2,4-8H2. The predicted octanol–water partition coefficient (Wildman–Crippen LogP) is 6.36. The van der Waals surface area contributed by atoms with Gasteiger partial charge in [0.25, 0.3) is 0 Å². The van der Waals surface area contributed by atoms with Crippen LogP contribution in [0.2, 0.25) is 5.02 Å². The molecule has 0 amide bonds. The number of allylic oxidation sites excluding steroid dienone is 2. The molecule has 2 aliphatic carbocycles. The van der Waals surface area contributed by atoms with Gasteiger partial charge in [-0.25, -0.2) is 4.39 Å². The lowest BCUT2D eigenvalue weighted by Crippen LogP contribution is -2.23. The smallest absolute Gasteiger partial charge is 0.183 e. The Labute approximate surface area is 150 Å². The summed E-state index contributed by atoms with van der Waals surface area (Å²) in [6.07, 6.45) is 10.9. The van der Waals surface area contributed by atoms with Crippen LogP contribution in [0, 0.1) is 17.7 Å². The molecule has 0 radical (unpaired) electrons. The van der Waals surface area contributed by atoms with Crippen molar-refractivity contribution in [2.75, 3.05) is 0 Å². The molecule has 0 bridgehead atoms. The van der Waals surface area contributed by atoms with E-state index < -0.39 is 5.82 Å². The van der Waals surface area contributed by atoms with Gasteiger partial charge < -0.3 is 5.11 Å². The Hall–Kier alpha value is -0.290. The van der Waals surface area contributed by atoms with Gasteiger partial charge in [0.05, 0.1) is 5.02 Å². The second-order valence-corrected chi connectivity index (χ2v) is 8.68. The molecule has 1 unspecified atom stereocenters. The minimum absolute atomic E-state index is 0.0510. The zero-order chi connectivity index (χ0) is 15.7. The highest BCUT2D eigenvalue weighted by Gasteiger charge is 2.28. The van der Waals surface area contributed by atoms with Crippen molar-refractivity contribution in [1.29, 1.82) is 0 Å². The van der Waals surface area contributed by atoms with Crippen LogP contribution in [-0.2, 0) is 0 Å². The van der Waals surface area contributed by atoms with Crippen molar-refractivity contribution in [1.82, 2.24) is 0 Å². The molecule has 120 valence electrons. The van der Waals surface area contributed by atoms with E-state index in [0.29, 0.717) is 0 Å². The average Bonchev–Trinajstić information content (AvgIpc) is 2.54. The maximum atomic E-state index is 13.7. The molecule has 2 aliphatic rings. The lowest BCUT2D eigenvalue weighted by Gasteiger charge is -2.34. The molecule has 1 aromatic carbocycles. The summed E-state index contributed by atoms with van der Waals surface area (Å²) in [5, 5.41) is 9.43. The second-order valence-electron chi connectivity index (χ2n) is 6.54. The molecule has 3 rings (SSSR count). The number of halogens is 3. The van der Waals surface area contributed by atoms with Gasteiger partial charge in [0, 0.05) is 3.92 Å². The zero-order valence-corrected chi connectivity index (χ0v) is 15.4. The summed E-state index contributed by atoms with van der Waals surface area (Å²) in [6.45, 7) is 0. The van der Waals surface area contributed by atoms with Crippen molar-refractivity contribution in [3.8, 4) is 5.75 Å². The summed E-state index contributed by atoms with van der Waals surface area (Å²) in [5.74, 6) is 0.547. The fourth-order valence-corrected chi connectivity index (χ4v) is 4.86. The molecule has 0 aromatic heterocycles. The summed E-state index contributed by atoms with van der Waals surface area (Å²) in [5.41, 5.74) is 1.87. The van der Waals surface area contributed by atoms with Gasteiger partial charge in [-0.05, 0) is 80.1 Å². The molecular weight excluding hydrogens is 414 g/mol. The molecule has 0 heterocycles. The second kappa shape index (κ2) is 7.08. The quantitative estimate of drug-likeness (QED) is 0.424. The number of alkyl halides is 1. The van der Waals surface area contributed by atoms with Crippen LogP contribution in [0.1, 0.15) is 50.5 Å². The molecule has 22 heavy (non-hydrogen) atoms. The van der Waals surface area contributed by atoms with Crippen LogP contribution in [0.5, 0.6) is 5.75 Å². The van der Waals surface area contributed by atoms with E-state index in [1.807, 2.05) is 0 Å². The number of hydrogen-bond donors (Lipinski definition) is 1. The van der Waals surface area contributed by atoms with Crippen molar-refractivity contribution >= 4 is 39.8 Å². The SMILES string of the molecule is Oc1ccc(C2=CCC(C3CCC(I)CC3)CC2)c(Cl)c1F. The lowest BCUT2D eigenvalue weighted by atomic mass is 9.73. The van der Waals surface area contributed by atoms with E-state index in [2.05, 4.69) is 28.7 Å². The van der Waals surface area contributed by atoms with E-state index in [-0.39, 0.29) is 10.8 Å². The number of rotatable bonds is 2. The first-order valence-corrected chi connectivity index (χ1v) is 9.69. The van der Waals surface area contributed by atoms with Gasteiger partial charge in [0.1, 0.15) is 0 Å². The van der Waals surface area contributed by atoms with E-state index in [4.69, 9.17) is 11.6 Å². The Morgan fingerprint density at radius 1 is 1.09 bits per heavy atom. The zero-order valence-electron chi connectivity index (χ0n) is 12.5. The van der Waals surface area contributed by atoms with Crippen molar-refractivity contribution in [2.45, 2.75) is 48.9 Å². The monoisotopic (exact) mass is 434 g/mol. The van der Waals surface area contributed by atoms with Gasteiger partial charge in [-0.3, -0.25) is 0 Å². The molecule has 1 fully saturated rings. The molecule has 1 aromatic rings. The molecule has 0 aliphatic heterocycles. The lowest BCUT2D eigenvalue weighted by molar-refractivity contribution is 0.241. The third-order valence-corrected chi connectivity index (χ3v) is 6.84. The Bertz CT molecular complexity index is 579. The highest BCUT2D eigenvalue weighted by Crippen LogP contribution is 2.42. The number of phenolic OH excluding ortho intramolecular Hbond substituents is 1. The number of aromatic hydroxyl groups is 1. The average molecular weight is 435 g/mol. The fraction of sp³-hybridized carbons (Fsp3) is 0.556. The molecule has 1 N–H and O–H groups in total. The van der Waals surface area contributed by atoms with E-state index in [9.17, 15) is 9.50 Å². The first-order valence-electron chi connectivity index (χ1n) is 8.06. The van der Waals surface area contributed by atoms with Crippen LogP contribution in [0.15, 0.2) is 18.2 Å². The molecule has 4 heteroatoms. The van der Waals surface area contributed by atoms with Gasteiger partial charge in [-0.2, -0.15) is 0 Å². The minimum atomic E-state index is -0.706. The summed E-state index contributed by atoms with van der Waals surface area (Å²) >= 11 is 8.63. The van der Waals surface area contributed by atoms with Crippen molar-refractivity contribution < 1.29 is 9.50 Å². The predicted molar refractivity (Wildman–Crippen MR) is 98.2 cm³/mol. The Kier molecular flexibility index (Phi) is 5.33. The van der Waals surface area contributed by atoms with Crippen LogP contribution >= 0.6 is 34.2 Å². The van der Waals surface area contributed by atoms with E-state index >= 15 is 0 Å². The molecule has 0 saturated heterocycles. The van der Waals surface area contributed by atoms with Crippen molar-refractivity contribution in [2.24, 2.45) is 11.8 Å². The van der Waals surface area contributed by atoms with Gasteiger partial charge in [-0.1, -0.05) is 40.3 Å². The summed E-state index contributed by atoms with van der Waals surface area (Å²) in [4.78, 5) is 0. The molecule has 1 atom stereocenters. The summed E-state index contributed by atoms with van der Waals surface area (Å²) < 4.78 is 14.6. The van der Waals surface area contributed by atoms with E-state index in [1.54, 1.807) is 6.07 Å². The third-order valence-electron chi connectivity index (χ3n) is 5.23. The molecule has 1 nitrogen and oxygen atoms in total. The van der Waals surface area contributed by atoms with Crippen molar-refractivity contribution in [3.05, 3.63) is 34.6 Å². The van der Waals surface area contributed by atoms with E-state index in [0.717, 1.165) is 39.7 Å². The van der Waals surface area contributed by atoms with Crippen LogP contribution in [0.3, 0.4) is 0 Å². The third kappa shape index (κ3) is 3.45. The Morgan fingerprint density at radius 3 is 2.45 bits per heavy atom. The Balaban J connectivity index is 1.70. The van der Waals surface area contributed by atoms with Gasteiger partial charge >= 0.3 is 0 Å². The molecule has 1 saturated carbocycles. The van der Waals surface area contributed by atoms with Crippen LogP contribution in [0.25, 0.3) is 5.57 Å². The molecule has 0 spiro atoms. The number of hydrogen-bond acceptors (Lipinski definition) is 1. The number of benzene rings is 1. The highest BCUT2D eigenvalue weighted by molar-refractivity contribution is 14.1. The van der Waals surface area contributed by atoms with Gasteiger partial charge in [0.15, 0.2) is 11.6 Å². The molecular formula is C18H21ClFIO. The topological polar surface area (TPSA) is 20.2 Å². The normalized spacial score (nSPS) is 29.2. The summed E-state index contributed by atoms with van der Waals surface area (Å²) in [7, 11) is 0. The number of phenols is 1.